The summed E-state index contributed by atoms with van der Waals surface area (Å²) in [5, 5.41) is 6.31. The molecule has 2 aromatic rings. The van der Waals surface area contributed by atoms with Gasteiger partial charge in [0.05, 0.1) is 10.8 Å². The van der Waals surface area contributed by atoms with Crippen LogP contribution in [-0.4, -0.2) is 36.4 Å². The van der Waals surface area contributed by atoms with Gasteiger partial charge < -0.3 is 9.84 Å². The van der Waals surface area contributed by atoms with E-state index in [1.54, 1.807) is 13.8 Å². The van der Waals surface area contributed by atoms with Crippen molar-refractivity contribution in [1.29, 1.82) is 0 Å². The average Bonchev–Trinajstić information content (AvgIpc) is 3.09. The molecule has 1 aromatic heterocycles. The molecule has 2 N–H and O–H groups in total. The minimum Gasteiger partial charge on any atom is -0.335 e. The third kappa shape index (κ3) is 4.85. The molecule has 1 heterocycles. The number of benzene rings is 1. The minimum atomic E-state index is -3.25. The number of aromatic nitrogens is 2. The van der Waals surface area contributed by atoms with Gasteiger partial charge in [-0.1, -0.05) is 11.2 Å². The Hall–Kier alpha value is -2.07. The van der Waals surface area contributed by atoms with Crippen LogP contribution in [0.15, 0.2) is 22.7 Å². The van der Waals surface area contributed by atoms with Gasteiger partial charge in [-0.15, -0.1) is 0 Å². The van der Waals surface area contributed by atoms with Gasteiger partial charge in [-0.2, -0.15) is 4.98 Å². The lowest BCUT2D eigenvalue weighted by atomic mass is 9.86. The van der Waals surface area contributed by atoms with Gasteiger partial charge in [0.2, 0.25) is 15.8 Å². The smallest absolute Gasteiger partial charge is 0.322 e. The van der Waals surface area contributed by atoms with Crippen LogP contribution in [0.25, 0.3) is 11.4 Å². The lowest BCUT2D eigenvalue weighted by Gasteiger charge is -2.28. The van der Waals surface area contributed by atoms with E-state index in [2.05, 4.69) is 20.2 Å². The van der Waals surface area contributed by atoms with Crippen LogP contribution in [0.3, 0.4) is 0 Å². The van der Waals surface area contributed by atoms with Crippen LogP contribution in [0.5, 0.6) is 0 Å². The molecule has 0 spiro atoms. The molecule has 28 heavy (non-hydrogen) atoms. The van der Waals surface area contributed by atoms with E-state index < -0.39 is 26.9 Å². The third-order valence-corrected chi connectivity index (χ3v) is 6.79. The van der Waals surface area contributed by atoms with Crippen LogP contribution < -0.4 is 10.0 Å². The predicted octanol–water partition coefficient (Wildman–Crippen LogP) is 3.31. The normalized spacial score (nSPS) is 20.5. The van der Waals surface area contributed by atoms with E-state index in [4.69, 9.17) is 4.52 Å². The summed E-state index contributed by atoms with van der Waals surface area (Å²) in [6.45, 7) is 3.73. The molecular formula is C18H24F2N4O3S. The van der Waals surface area contributed by atoms with E-state index in [0.29, 0.717) is 6.54 Å². The second kappa shape index (κ2) is 8.52. The molecule has 0 amide bonds. The van der Waals surface area contributed by atoms with Gasteiger partial charge in [0.25, 0.3) is 0 Å². The fourth-order valence-corrected chi connectivity index (χ4v) is 3.98. The topological polar surface area (TPSA) is 97.1 Å². The van der Waals surface area contributed by atoms with Crippen molar-refractivity contribution in [2.75, 3.05) is 11.9 Å². The van der Waals surface area contributed by atoms with Gasteiger partial charge in [-0.3, -0.25) is 0 Å². The lowest BCUT2D eigenvalue weighted by Crippen LogP contribution is -2.37. The largest absolute Gasteiger partial charge is 0.335 e. The molecule has 1 aromatic carbocycles. The van der Waals surface area contributed by atoms with Crippen molar-refractivity contribution >= 4 is 16.0 Å². The average molecular weight is 414 g/mol. The first-order chi connectivity index (χ1) is 13.3. The Kier molecular flexibility index (Phi) is 6.29. The molecule has 1 saturated carbocycles. The summed E-state index contributed by atoms with van der Waals surface area (Å²) < 4.78 is 59.1. The Morgan fingerprint density at radius 3 is 2.43 bits per heavy atom. The van der Waals surface area contributed by atoms with Crippen LogP contribution in [-0.2, 0) is 10.0 Å². The van der Waals surface area contributed by atoms with Gasteiger partial charge in [0, 0.05) is 12.6 Å². The molecule has 1 fully saturated rings. The summed E-state index contributed by atoms with van der Waals surface area (Å²) in [6.07, 6.45) is 3.31. The Labute approximate surface area is 163 Å². The molecule has 0 atom stereocenters. The monoisotopic (exact) mass is 414 g/mol. The second-order valence-corrected chi connectivity index (χ2v) is 9.65. The number of halogens is 2. The molecule has 154 valence electrons. The third-order valence-electron chi connectivity index (χ3n) is 4.98. The fraction of sp³-hybridized carbons (Fsp3) is 0.556. The van der Waals surface area contributed by atoms with Gasteiger partial charge in [0.1, 0.15) is 11.6 Å². The van der Waals surface area contributed by atoms with Crippen molar-refractivity contribution in [1.82, 2.24) is 14.9 Å². The van der Waals surface area contributed by atoms with Crippen LogP contribution in [0.2, 0.25) is 0 Å². The zero-order valence-corrected chi connectivity index (χ0v) is 16.6. The molecule has 1 aliphatic rings. The van der Waals surface area contributed by atoms with Crippen molar-refractivity contribution in [3.05, 3.63) is 29.8 Å². The van der Waals surface area contributed by atoms with E-state index in [1.165, 1.54) is 6.07 Å². The molecule has 7 nitrogen and oxygen atoms in total. The molecule has 0 unspecified atom stereocenters. The van der Waals surface area contributed by atoms with Crippen molar-refractivity contribution < 1.29 is 21.7 Å². The van der Waals surface area contributed by atoms with Crippen LogP contribution in [0.1, 0.15) is 39.5 Å². The van der Waals surface area contributed by atoms with Crippen LogP contribution in [0, 0.1) is 17.6 Å². The van der Waals surface area contributed by atoms with Gasteiger partial charge in [-0.05, 0) is 57.6 Å². The van der Waals surface area contributed by atoms with E-state index in [1.807, 2.05) is 0 Å². The fourth-order valence-electron chi connectivity index (χ4n) is 3.18. The van der Waals surface area contributed by atoms with Crippen molar-refractivity contribution in [2.24, 2.45) is 5.92 Å². The first-order valence-corrected chi connectivity index (χ1v) is 10.8. The Balaban J connectivity index is 1.53. The summed E-state index contributed by atoms with van der Waals surface area (Å²) in [7, 11) is -3.25. The highest BCUT2D eigenvalue weighted by molar-refractivity contribution is 7.90. The quantitative estimate of drug-likeness (QED) is 0.721. The molecule has 0 aliphatic heterocycles. The van der Waals surface area contributed by atoms with Gasteiger partial charge in [-0.25, -0.2) is 21.9 Å². The zero-order valence-electron chi connectivity index (χ0n) is 15.8. The highest BCUT2D eigenvalue weighted by Gasteiger charge is 2.25. The van der Waals surface area contributed by atoms with Gasteiger partial charge >= 0.3 is 6.01 Å². The molecule has 0 radical (unpaired) electrons. The minimum absolute atomic E-state index is 0.0803. The van der Waals surface area contributed by atoms with E-state index in [0.717, 1.165) is 37.8 Å². The maximum Gasteiger partial charge on any atom is 0.322 e. The number of hydrogen-bond acceptors (Lipinski definition) is 6. The number of rotatable bonds is 7. The number of anilines is 1. The maximum absolute atomic E-state index is 13.8. The zero-order chi connectivity index (χ0) is 20.3. The van der Waals surface area contributed by atoms with Crippen molar-refractivity contribution in [2.45, 2.75) is 50.8 Å². The first kappa shape index (κ1) is 20.7. The van der Waals surface area contributed by atoms with Crippen molar-refractivity contribution in [3.63, 3.8) is 0 Å². The second-order valence-electron chi connectivity index (χ2n) is 7.32. The molecule has 3 rings (SSSR count). The summed E-state index contributed by atoms with van der Waals surface area (Å²) >= 11 is 0. The highest BCUT2D eigenvalue weighted by Crippen LogP contribution is 2.28. The summed E-state index contributed by atoms with van der Waals surface area (Å²) in [5.74, 6) is -1.37. The molecule has 10 heteroatoms. The Bertz CT molecular complexity index is 889. The SMILES string of the molecule is CC(C)S(=O)(=O)NC[C@H]1CC[C@H](Nc2nc(-c3c(F)cccc3F)no2)CC1. The number of sulfonamides is 1. The molecular weight excluding hydrogens is 390 g/mol. The Morgan fingerprint density at radius 2 is 1.82 bits per heavy atom. The number of nitrogens with zero attached hydrogens (tertiary/aromatic N) is 2. The van der Waals surface area contributed by atoms with E-state index >= 15 is 0 Å². The standard InChI is InChI=1S/C18H24F2N4O3S/c1-11(2)28(25,26)21-10-12-6-8-13(9-7-12)22-18-23-17(24-27-18)16-14(19)4-3-5-15(16)20/h3-5,11-13,21H,6-10H2,1-2H3,(H,22,23,24)/t12-,13-. The maximum atomic E-state index is 13.8. The molecule has 1 aliphatic carbocycles. The first-order valence-electron chi connectivity index (χ1n) is 9.29. The number of hydrogen-bond donors (Lipinski definition) is 2. The Morgan fingerprint density at radius 1 is 1.18 bits per heavy atom. The summed E-state index contributed by atoms with van der Waals surface area (Å²) in [4.78, 5) is 4.04. The van der Waals surface area contributed by atoms with Gasteiger partial charge in [0.15, 0.2) is 0 Å². The van der Waals surface area contributed by atoms with Crippen LogP contribution >= 0.6 is 0 Å². The number of nitrogens with one attached hydrogen (secondary N) is 2. The highest BCUT2D eigenvalue weighted by atomic mass is 32.2. The van der Waals surface area contributed by atoms with Crippen molar-refractivity contribution in [3.8, 4) is 11.4 Å². The molecule has 0 bridgehead atoms. The summed E-state index contributed by atoms with van der Waals surface area (Å²) in [6, 6.07) is 3.74. The van der Waals surface area contributed by atoms with E-state index in [-0.39, 0.29) is 29.4 Å². The molecule has 0 saturated heterocycles. The summed E-state index contributed by atoms with van der Waals surface area (Å²) in [5.41, 5.74) is -0.319. The predicted molar refractivity (Wildman–Crippen MR) is 101 cm³/mol. The lowest BCUT2D eigenvalue weighted by molar-refractivity contribution is 0.330. The van der Waals surface area contributed by atoms with E-state index in [9.17, 15) is 17.2 Å². The van der Waals surface area contributed by atoms with Crippen LogP contribution in [0.4, 0.5) is 14.8 Å².